The number of hydrogen-bond donors (Lipinski definition) is 2. The summed E-state index contributed by atoms with van der Waals surface area (Å²) in [6.07, 6.45) is 3.48. The highest BCUT2D eigenvalue weighted by atomic mass is 16.3. The fourth-order valence-corrected chi connectivity index (χ4v) is 1.94. The van der Waals surface area contributed by atoms with Gasteiger partial charge in [-0.2, -0.15) is 0 Å². The van der Waals surface area contributed by atoms with Crippen molar-refractivity contribution in [2.45, 2.75) is 32.4 Å². The molecule has 0 saturated heterocycles. The molecule has 5 heteroatoms. The molecule has 1 atom stereocenters. The van der Waals surface area contributed by atoms with E-state index < -0.39 is 6.10 Å². The average molecular weight is 260 g/mol. The van der Waals surface area contributed by atoms with E-state index in [0.29, 0.717) is 6.54 Å². The van der Waals surface area contributed by atoms with Crippen molar-refractivity contribution >= 4 is 0 Å². The van der Waals surface area contributed by atoms with Gasteiger partial charge < -0.3 is 10.8 Å². The normalized spacial score (nSPS) is 12.6. The predicted molar refractivity (Wildman–Crippen MR) is 74.5 cm³/mol. The lowest BCUT2D eigenvalue weighted by molar-refractivity contribution is 0.156. The smallest absolute Gasteiger partial charge is 0.113 e. The number of aliphatic hydroxyl groups is 1. The maximum Gasteiger partial charge on any atom is 0.113 e. The van der Waals surface area contributed by atoms with Crippen LogP contribution in [0.4, 0.5) is 0 Å². The maximum atomic E-state index is 9.47. The standard InChI is InChI=1S/C14H20N4O/c1-2-3-11-4-6-12(7-5-11)14-10-18(17-16-14)9-13(19)8-15/h4-7,10,13,19H,2-3,8-9,15H2,1H3/t13-/m0/s1. The van der Waals surface area contributed by atoms with Crippen molar-refractivity contribution in [3.63, 3.8) is 0 Å². The summed E-state index contributed by atoms with van der Waals surface area (Å²) in [6.45, 7) is 2.76. The summed E-state index contributed by atoms with van der Waals surface area (Å²) in [6, 6.07) is 8.34. The molecule has 1 heterocycles. The van der Waals surface area contributed by atoms with E-state index >= 15 is 0 Å². The summed E-state index contributed by atoms with van der Waals surface area (Å²) < 4.78 is 1.62. The van der Waals surface area contributed by atoms with E-state index in [1.54, 1.807) is 4.68 Å². The largest absolute Gasteiger partial charge is 0.390 e. The molecular formula is C14H20N4O. The topological polar surface area (TPSA) is 77.0 Å². The Morgan fingerprint density at radius 2 is 2.05 bits per heavy atom. The summed E-state index contributed by atoms with van der Waals surface area (Å²) in [5.41, 5.74) is 8.55. The van der Waals surface area contributed by atoms with Crippen LogP contribution in [0.3, 0.4) is 0 Å². The fourth-order valence-electron chi connectivity index (χ4n) is 1.94. The Labute approximate surface area is 113 Å². The third-order valence-corrected chi connectivity index (χ3v) is 3.00. The van der Waals surface area contributed by atoms with E-state index in [4.69, 9.17) is 5.73 Å². The van der Waals surface area contributed by atoms with E-state index in [0.717, 1.165) is 24.1 Å². The molecule has 3 N–H and O–H groups in total. The molecule has 5 nitrogen and oxygen atoms in total. The van der Waals surface area contributed by atoms with Gasteiger partial charge in [-0.25, -0.2) is 4.68 Å². The molecule has 0 aliphatic heterocycles. The highest BCUT2D eigenvalue weighted by molar-refractivity contribution is 5.57. The van der Waals surface area contributed by atoms with Gasteiger partial charge in [0, 0.05) is 12.1 Å². The fraction of sp³-hybridized carbons (Fsp3) is 0.429. The van der Waals surface area contributed by atoms with Gasteiger partial charge in [0.15, 0.2) is 0 Å². The lowest BCUT2D eigenvalue weighted by Crippen LogP contribution is -2.25. The van der Waals surface area contributed by atoms with Gasteiger partial charge in [0.25, 0.3) is 0 Å². The predicted octanol–water partition coefficient (Wildman–Crippen LogP) is 1.22. The van der Waals surface area contributed by atoms with E-state index in [1.807, 2.05) is 6.20 Å². The third-order valence-electron chi connectivity index (χ3n) is 3.00. The van der Waals surface area contributed by atoms with Crippen LogP contribution in [0, 0.1) is 0 Å². The van der Waals surface area contributed by atoms with Crippen LogP contribution in [0.25, 0.3) is 11.3 Å². The highest BCUT2D eigenvalue weighted by Crippen LogP contribution is 2.17. The number of aliphatic hydroxyl groups excluding tert-OH is 1. The van der Waals surface area contributed by atoms with E-state index in [9.17, 15) is 5.11 Å². The minimum absolute atomic E-state index is 0.223. The third kappa shape index (κ3) is 3.62. The van der Waals surface area contributed by atoms with Gasteiger partial charge in [0.1, 0.15) is 5.69 Å². The van der Waals surface area contributed by atoms with E-state index in [2.05, 4.69) is 41.5 Å². The van der Waals surface area contributed by atoms with Gasteiger partial charge in [-0.05, 0) is 12.0 Å². The summed E-state index contributed by atoms with van der Waals surface area (Å²) in [4.78, 5) is 0. The molecule has 1 aromatic carbocycles. The van der Waals surface area contributed by atoms with Crippen LogP contribution in [0.5, 0.6) is 0 Å². The molecule has 0 aliphatic carbocycles. The van der Waals surface area contributed by atoms with Crippen LogP contribution in [0.1, 0.15) is 18.9 Å². The summed E-state index contributed by atoms with van der Waals surface area (Å²) in [5, 5.41) is 17.6. The first kappa shape index (κ1) is 13.7. The maximum absolute atomic E-state index is 9.47. The van der Waals surface area contributed by atoms with Gasteiger partial charge >= 0.3 is 0 Å². The number of hydrogen-bond acceptors (Lipinski definition) is 4. The monoisotopic (exact) mass is 260 g/mol. The lowest BCUT2D eigenvalue weighted by atomic mass is 10.1. The van der Waals surface area contributed by atoms with Gasteiger partial charge in [0.2, 0.25) is 0 Å². The molecule has 2 aromatic rings. The Morgan fingerprint density at radius 3 is 2.68 bits per heavy atom. The van der Waals surface area contributed by atoms with Crippen LogP contribution in [-0.2, 0) is 13.0 Å². The zero-order chi connectivity index (χ0) is 13.7. The van der Waals surface area contributed by atoms with Crippen LogP contribution in [0.2, 0.25) is 0 Å². The Bertz CT molecular complexity index is 506. The van der Waals surface area contributed by atoms with Crippen molar-refractivity contribution in [1.29, 1.82) is 0 Å². The summed E-state index contributed by atoms with van der Waals surface area (Å²) in [5.74, 6) is 0. The van der Waals surface area contributed by atoms with Gasteiger partial charge in [-0.1, -0.05) is 42.8 Å². The lowest BCUT2D eigenvalue weighted by Gasteiger charge is -2.05. The Morgan fingerprint density at radius 1 is 1.32 bits per heavy atom. The molecule has 0 aliphatic rings. The average Bonchev–Trinajstić information content (AvgIpc) is 2.88. The highest BCUT2D eigenvalue weighted by Gasteiger charge is 2.07. The van der Waals surface area contributed by atoms with E-state index in [1.165, 1.54) is 5.56 Å². The molecule has 0 amide bonds. The summed E-state index contributed by atoms with van der Waals surface area (Å²) >= 11 is 0. The number of nitrogens with two attached hydrogens (primary N) is 1. The molecule has 19 heavy (non-hydrogen) atoms. The zero-order valence-corrected chi connectivity index (χ0v) is 11.2. The van der Waals surface area contributed by atoms with Crippen molar-refractivity contribution < 1.29 is 5.11 Å². The minimum atomic E-state index is -0.582. The molecule has 0 radical (unpaired) electrons. The summed E-state index contributed by atoms with van der Waals surface area (Å²) in [7, 11) is 0. The molecule has 0 unspecified atom stereocenters. The molecule has 0 saturated carbocycles. The van der Waals surface area contributed by atoms with Gasteiger partial charge in [0.05, 0.1) is 18.8 Å². The Kier molecular flexibility index (Phi) is 4.65. The van der Waals surface area contributed by atoms with Crippen LogP contribution >= 0.6 is 0 Å². The number of aryl methyl sites for hydroxylation is 1. The van der Waals surface area contributed by atoms with Crippen LogP contribution < -0.4 is 5.73 Å². The first-order valence-electron chi connectivity index (χ1n) is 6.60. The quantitative estimate of drug-likeness (QED) is 0.818. The molecule has 1 aromatic heterocycles. The molecule has 0 spiro atoms. The van der Waals surface area contributed by atoms with Gasteiger partial charge in [-0.15, -0.1) is 5.10 Å². The number of rotatable bonds is 6. The molecule has 102 valence electrons. The number of benzene rings is 1. The zero-order valence-electron chi connectivity index (χ0n) is 11.2. The Hall–Kier alpha value is -1.72. The molecular weight excluding hydrogens is 240 g/mol. The molecule has 0 fully saturated rings. The molecule has 0 bridgehead atoms. The second-order valence-corrected chi connectivity index (χ2v) is 4.66. The van der Waals surface area contributed by atoms with Crippen molar-refractivity contribution in [3.05, 3.63) is 36.0 Å². The second-order valence-electron chi connectivity index (χ2n) is 4.66. The van der Waals surface area contributed by atoms with Crippen LogP contribution in [0.15, 0.2) is 30.5 Å². The van der Waals surface area contributed by atoms with Crippen molar-refractivity contribution in [2.24, 2.45) is 5.73 Å². The first-order chi connectivity index (χ1) is 9.22. The van der Waals surface area contributed by atoms with Crippen LogP contribution in [-0.4, -0.2) is 32.7 Å². The minimum Gasteiger partial charge on any atom is -0.390 e. The van der Waals surface area contributed by atoms with Crippen molar-refractivity contribution in [1.82, 2.24) is 15.0 Å². The van der Waals surface area contributed by atoms with Crippen molar-refractivity contribution in [3.8, 4) is 11.3 Å². The van der Waals surface area contributed by atoms with Crippen molar-refractivity contribution in [2.75, 3.05) is 6.54 Å². The Balaban J connectivity index is 2.09. The first-order valence-corrected chi connectivity index (χ1v) is 6.60. The van der Waals surface area contributed by atoms with Gasteiger partial charge in [-0.3, -0.25) is 0 Å². The number of aromatic nitrogens is 3. The SMILES string of the molecule is CCCc1ccc(-c2cn(C[C@@H](O)CN)nn2)cc1. The second kappa shape index (κ2) is 6.45. The molecule has 2 rings (SSSR count). The van der Waals surface area contributed by atoms with E-state index in [-0.39, 0.29) is 6.54 Å². The number of nitrogens with zero attached hydrogens (tertiary/aromatic N) is 3.